The molecule has 0 spiro atoms. The first-order valence-corrected chi connectivity index (χ1v) is 13.0. The van der Waals surface area contributed by atoms with E-state index in [0.717, 1.165) is 50.5 Å². The molecule has 1 aliphatic rings. The lowest BCUT2D eigenvalue weighted by atomic mass is 10.1. The highest BCUT2D eigenvalue weighted by Gasteiger charge is 2.20. The molecule has 1 aliphatic heterocycles. The van der Waals surface area contributed by atoms with Crippen LogP contribution < -0.4 is 15.5 Å². The standard InChI is InChI=1S/C28H30Cl2N4O3/c1-20-19-21(27(35)31-24-8-4-22(29)5-9-24)3-12-26(20)34(14-2-13-33-15-17-37-18-16-33)28(36)32-25-10-6-23(30)7-11-25/h3-12,19H,2,13-18H2,1H3,(H,31,35)(H,32,36). The average molecular weight is 541 g/mol. The van der Waals surface area contributed by atoms with Gasteiger partial charge in [0.15, 0.2) is 0 Å². The molecule has 9 heteroatoms. The van der Waals surface area contributed by atoms with Gasteiger partial charge < -0.3 is 15.4 Å². The van der Waals surface area contributed by atoms with Crippen LogP contribution in [0.3, 0.4) is 0 Å². The Morgan fingerprint density at radius 1 is 0.892 bits per heavy atom. The van der Waals surface area contributed by atoms with E-state index in [0.29, 0.717) is 33.5 Å². The van der Waals surface area contributed by atoms with E-state index in [4.69, 9.17) is 27.9 Å². The number of hydrogen-bond acceptors (Lipinski definition) is 4. The number of nitrogens with one attached hydrogen (secondary N) is 2. The smallest absolute Gasteiger partial charge is 0.326 e. The number of hydrogen-bond donors (Lipinski definition) is 2. The Kier molecular flexibility index (Phi) is 9.41. The Labute approximate surface area is 227 Å². The summed E-state index contributed by atoms with van der Waals surface area (Å²) >= 11 is 11.9. The normalized spacial score (nSPS) is 13.7. The molecule has 0 bridgehead atoms. The van der Waals surface area contributed by atoms with E-state index in [-0.39, 0.29) is 11.9 Å². The molecular weight excluding hydrogens is 511 g/mol. The summed E-state index contributed by atoms with van der Waals surface area (Å²) in [4.78, 5) is 30.3. The molecule has 0 aromatic heterocycles. The number of aryl methyl sites for hydroxylation is 1. The number of carbonyl (C=O) groups is 2. The third-order valence-corrected chi connectivity index (χ3v) is 6.66. The number of ether oxygens (including phenoxy) is 1. The second-order valence-electron chi connectivity index (χ2n) is 8.86. The highest BCUT2D eigenvalue weighted by atomic mass is 35.5. The zero-order valence-corrected chi connectivity index (χ0v) is 22.2. The first-order chi connectivity index (χ1) is 17.9. The number of halogens is 2. The molecule has 0 unspecified atom stereocenters. The molecule has 3 amide bonds. The summed E-state index contributed by atoms with van der Waals surface area (Å²) in [6, 6.07) is 19.1. The summed E-state index contributed by atoms with van der Waals surface area (Å²) in [5.74, 6) is -0.235. The average Bonchev–Trinajstić information content (AvgIpc) is 2.90. The maximum Gasteiger partial charge on any atom is 0.326 e. The van der Waals surface area contributed by atoms with Crippen LogP contribution in [0, 0.1) is 6.92 Å². The van der Waals surface area contributed by atoms with Crippen LogP contribution in [0.5, 0.6) is 0 Å². The van der Waals surface area contributed by atoms with Crippen LogP contribution in [0.4, 0.5) is 21.9 Å². The van der Waals surface area contributed by atoms with E-state index in [1.54, 1.807) is 65.6 Å². The van der Waals surface area contributed by atoms with Crippen molar-refractivity contribution in [3.63, 3.8) is 0 Å². The Morgan fingerprint density at radius 2 is 1.49 bits per heavy atom. The van der Waals surface area contributed by atoms with Gasteiger partial charge in [0.25, 0.3) is 5.91 Å². The molecule has 194 valence electrons. The number of nitrogens with zero attached hydrogens (tertiary/aromatic N) is 2. The Morgan fingerprint density at radius 3 is 2.08 bits per heavy atom. The zero-order valence-electron chi connectivity index (χ0n) is 20.7. The van der Waals surface area contributed by atoms with Gasteiger partial charge in [0.2, 0.25) is 0 Å². The fourth-order valence-corrected chi connectivity index (χ4v) is 4.42. The van der Waals surface area contributed by atoms with Gasteiger partial charge in [0.05, 0.1) is 13.2 Å². The van der Waals surface area contributed by atoms with Crippen molar-refractivity contribution < 1.29 is 14.3 Å². The number of urea groups is 1. The number of benzene rings is 3. The Bertz CT molecular complexity index is 1210. The predicted molar refractivity (Wildman–Crippen MR) is 150 cm³/mol. The summed E-state index contributed by atoms with van der Waals surface area (Å²) in [7, 11) is 0. The summed E-state index contributed by atoms with van der Waals surface area (Å²) in [6.45, 7) is 6.56. The maximum atomic E-state index is 13.4. The molecule has 1 fully saturated rings. The molecular formula is C28H30Cl2N4O3. The van der Waals surface area contributed by atoms with Crippen molar-refractivity contribution in [2.75, 3.05) is 54.9 Å². The first-order valence-electron chi connectivity index (χ1n) is 12.2. The second kappa shape index (κ2) is 12.9. The molecule has 2 N–H and O–H groups in total. The van der Waals surface area contributed by atoms with Crippen LogP contribution in [0.1, 0.15) is 22.3 Å². The molecule has 3 aromatic rings. The summed E-state index contributed by atoms with van der Waals surface area (Å²) in [5.41, 5.74) is 3.38. The molecule has 0 atom stereocenters. The van der Waals surface area contributed by atoms with Crippen molar-refractivity contribution in [1.29, 1.82) is 0 Å². The van der Waals surface area contributed by atoms with E-state index >= 15 is 0 Å². The van der Waals surface area contributed by atoms with E-state index in [9.17, 15) is 9.59 Å². The highest BCUT2D eigenvalue weighted by Crippen LogP contribution is 2.24. The van der Waals surface area contributed by atoms with Gasteiger partial charge in [-0.1, -0.05) is 23.2 Å². The van der Waals surface area contributed by atoms with Crippen LogP contribution in [0.25, 0.3) is 0 Å². The third-order valence-electron chi connectivity index (χ3n) is 6.15. The van der Waals surface area contributed by atoms with E-state index in [2.05, 4.69) is 15.5 Å². The lowest BCUT2D eigenvalue weighted by Crippen LogP contribution is -2.40. The summed E-state index contributed by atoms with van der Waals surface area (Å²) in [6.07, 6.45) is 0.798. The SMILES string of the molecule is Cc1cc(C(=O)Nc2ccc(Cl)cc2)ccc1N(CCCN1CCOCC1)C(=O)Nc1ccc(Cl)cc1. The lowest BCUT2D eigenvalue weighted by Gasteiger charge is -2.29. The quantitative estimate of drug-likeness (QED) is 0.350. The van der Waals surface area contributed by atoms with Gasteiger partial charge in [-0.3, -0.25) is 14.6 Å². The Hall–Kier alpha value is -3.10. The summed E-state index contributed by atoms with van der Waals surface area (Å²) < 4.78 is 5.43. The molecule has 4 rings (SSSR count). The fraction of sp³-hybridized carbons (Fsp3) is 0.286. The molecule has 7 nitrogen and oxygen atoms in total. The monoisotopic (exact) mass is 540 g/mol. The van der Waals surface area contributed by atoms with Crippen LogP contribution >= 0.6 is 23.2 Å². The van der Waals surface area contributed by atoms with Gasteiger partial charge in [-0.25, -0.2) is 4.79 Å². The van der Waals surface area contributed by atoms with Gasteiger partial charge in [0, 0.05) is 58.8 Å². The van der Waals surface area contributed by atoms with Crippen LogP contribution in [-0.4, -0.2) is 56.2 Å². The number of amides is 3. The fourth-order valence-electron chi connectivity index (χ4n) is 4.17. The van der Waals surface area contributed by atoms with Gasteiger partial charge >= 0.3 is 6.03 Å². The molecule has 1 heterocycles. The lowest BCUT2D eigenvalue weighted by molar-refractivity contribution is 0.0377. The van der Waals surface area contributed by atoms with Crippen molar-refractivity contribution in [3.05, 3.63) is 87.9 Å². The number of anilines is 3. The van der Waals surface area contributed by atoms with E-state index in [1.807, 2.05) is 13.0 Å². The number of rotatable bonds is 8. The molecule has 3 aromatic carbocycles. The van der Waals surface area contributed by atoms with Crippen molar-refractivity contribution in [3.8, 4) is 0 Å². The first kappa shape index (κ1) is 26.9. The van der Waals surface area contributed by atoms with Crippen molar-refractivity contribution >= 4 is 52.2 Å². The van der Waals surface area contributed by atoms with E-state index in [1.165, 1.54) is 0 Å². The Balaban J connectivity index is 1.49. The maximum absolute atomic E-state index is 13.4. The minimum atomic E-state index is -0.245. The van der Waals surface area contributed by atoms with Crippen molar-refractivity contribution in [1.82, 2.24) is 4.90 Å². The van der Waals surface area contributed by atoms with Crippen molar-refractivity contribution in [2.24, 2.45) is 0 Å². The molecule has 0 aliphatic carbocycles. The molecule has 37 heavy (non-hydrogen) atoms. The minimum Gasteiger partial charge on any atom is -0.379 e. The number of morpholine rings is 1. The van der Waals surface area contributed by atoms with E-state index < -0.39 is 0 Å². The minimum absolute atomic E-state index is 0.235. The highest BCUT2D eigenvalue weighted by molar-refractivity contribution is 6.31. The molecule has 1 saturated heterocycles. The van der Waals surface area contributed by atoms with Crippen LogP contribution in [0.2, 0.25) is 10.0 Å². The number of carbonyl (C=O) groups excluding carboxylic acids is 2. The van der Waals surface area contributed by atoms with Crippen LogP contribution in [0.15, 0.2) is 66.7 Å². The van der Waals surface area contributed by atoms with Crippen LogP contribution in [-0.2, 0) is 4.74 Å². The molecule has 0 saturated carbocycles. The molecule has 0 radical (unpaired) electrons. The van der Waals surface area contributed by atoms with Gasteiger partial charge in [-0.05, 0) is 85.6 Å². The van der Waals surface area contributed by atoms with Gasteiger partial charge in [-0.15, -0.1) is 0 Å². The van der Waals surface area contributed by atoms with Gasteiger partial charge in [-0.2, -0.15) is 0 Å². The second-order valence-corrected chi connectivity index (χ2v) is 9.73. The van der Waals surface area contributed by atoms with Gasteiger partial charge in [0.1, 0.15) is 0 Å². The zero-order chi connectivity index (χ0) is 26.2. The largest absolute Gasteiger partial charge is 0.379 e. The topological polar surface area (TPSA) is 73.9 Å². The predicted octanol–water partition coefficient (Wildman–Crippen LogP) is 6.31. The van der Waals surface area contributed by atoms with Crippen molar-refractivity contribution in [2.45, 2.75) is 13.3 Å². The summed E-state index contributed by atoms with van der Waals surface area (Å²) in [5, 5.41) is 7.04. The third kappa shape index (κ3) is 7.69.